The fourth-order valence-electron chi connectivity index (χ4n) is 1.31. The molecule has 1 amide bonds. The molecule has 1 saturated heterocycles. The summed E-state index contributed by atoms with van der Waals surface area (Å²) in [6.45, 7) is 0.856. The lowest BCUT2D eigenvalue weighted by Crippen LogP contribution is -2.40. The van der Waals surface area contributed by atoms with Crippen molar-refractivity contribution in [2.24, 2.45) is 0 Å². The van der Waals surface area contributed by atoms with Crippen LogP contribution in [0.15, 0.2) is 0 Å². The number of aliphatic hydroxyl groups excluding tert-OH is 4. The van der Waals surface area contributed by atoms with E-state index in [1.54, 1.807) is 0 Å². The number of nitrogens with one attached hydrogen (secondary N) is 1. The first kappa shape index (κ1) is 19.1. The zero-order valence-electron chi connectivity index (χ0n) is 10.7. The third-order valence-electron chi connectivity index (χ3n) is 2.38. The maximum absolute atomic E-state index is 10.3. The first-order valence-electron chi connectivity index (χ1n) is 5.65. The zero-order chi connectivity index (χ0) is 15.9. The van der Waals surface area contributed by atoms with Crippen LogP contribution in [-0.4, -0.2) is 80.4 Å². The lowest BCUT2D eigenvalue weighted by molar-refractivity contribution is -0.140. The van der Waals surface area contributed by atoms with Crippen LogP contribution in [0.3, 0.4) is 0 Å². The maximum Gasteiger partial charge on any atom is 0.327 e. The van der Waals surface area contributed by atoms with E-state index < -0.39 is 43.2 Å². The molecule has 0 saturated carbocycles. The number of thiol groups is 1. The molecular weight excluding hydrogens is 294 g/mol. The van der Waals surface area contributed by atoms with Gasteiger partial charge in [0.15, 0.2) is 6.29 Å². The van der Waals surface area contributed by atoms with E-state index in [0.717, 1.165) is 0 Å². The van der Waals surface area contributed by atoms with Crippen molar-refractivity contribution in [3.05, 3.63) is 0 Å². The largest absolute Gasteiger partial charge is 0.480 e. The van der Waals surface area contributed by atoms with Crippen molar-refractivity contribution < 1.29 is 39.9 Å². The highest BCUT2D eigenvalue weighted by atomic mass is 32.1. The maximum atomic E-state index is 10.3. The molecule has 1 aliphatic heterocycles. The minimum Gasteiger partial charge on any atom is -0.480 e. The average Bonchev–Trinajstić information content (AvgIpc) is 2.63. The minimum absolute atomic E-state index is 0.106. The van der Waals surface area contributed by atoms with Crippen LogP contribution < -0.4 is 5.32 Å². The second-order valence-corrected chi connectivity index (χ2v) is 4.37. The van der Waals surface area contributed by atoms with Gasteiger partial charge in [-0.25, -0.2) is 4.79 Å². The average molecular weight is 313 g/mol. The summed E-state index contributed by atoms with van der Waals surface area (Å²) >= 11 is 3.73. The Hall–Kier alpha value is -0.910. The van der Waals surface area contributed by atoms with Gasteiger partial charge >= 0.3 is 5.97 Å². The lowest BCUT2D eigenvalue weighted by Gasteiger charge is -2.09. The van der Waals surface area contributed by atoms with Crippen molar-refractivity contribution in [1.82, 2.24) is 5.32 Å². The molecule has 1 fully saturated rings. The van der Waals surface area contributed by atoms with Crippen molar-refractivity contribution in [3.63, 3.8) is 0 Å². The Balaban J connectivity index is 0.000000361. The molecular formula is C10H19NO8S. The predicted octanol–water partition coefficient (Wildman–Crippen LogP) is -3.08. The molecule has 118 valence electrons. The van der Waals surface area contributed by atoms with E-state index in [-0.39, 0.29) is 11.7 Å². The summed E-state index contributed by atoms with van der Waals surface area (Å²) in [4.78, 5) is 20.5. The molecule has 5 atom stereocenters. The Morgan fingerprint density at radius 1 is 1.30 bits per heavy atom. The minimum atomic E-state index is -1.38. The number of rotatable bonds is 4. The topological polar surface area (TPSA) is 157 Å². The van der Waals surface area contributed by atoms with Crippen molar-refractivity contribution in [3.8, 4) is 0 Å². The molecule has 1 aliphatic rings. The summed E-state index contributed by atoms with van der Waals surface area (Å²) in [5.74, 6) is -1.32. The molecule has 6 N–H and O–H groups in total. The standard InChI is InChI=1S/C5H9NO3S.C5H10O5/c1-3(7)6-4(2-10)5(8)9;6-1-2-3(7)4(8)5(9)10-2/h4,10H,2H2,1H3,(H,6,7)(H,8,9);2-9H,1H2/t4-;2-,3-,4-,5?/m01/s1. The van der Waals surface area contributed by atoms with E-state index in [0.29, 0.717) is 0 Å². The first-order valence-corrected chi connectivity index (χ1v) is 6.29. The number of hydrogen-bond donors (Lipinski definition) is 7. The third kappa shape index (κ3) is 6.03. The second kappa shape index (κ2) is 9.10. The fourth-order valence-corrected chi connectivity index (χ4v) is 1.56. The first-order chi connectivity index (χ1) is 9.24. The van der Waals surface area contributed by atoms with Crippen LogP contribution in [0.1, 0.15) is 6.92 Å². The molecule has 20 heavy (non-hydrogen) atoms. The number of ether oxygens (including phenoxy) is 1. The molecule has 9 nitrogen and oxygen atoms in total. The van der Waals surface area contributed by atoms with Gasteiger partial charge in [0.2, 0.25) is 5.91 Å². The van der Waals surface area contributed by atoms with Gasteiger partial charge in [-0.15, -0.1) is 0 Å². The van der Waals surface area contributed by atoms with Crippen LogP contribution in [-0.2, 0) is 14.3 Å². The zero-order valence-corrected chi connectivity index (χ0v) is 11.6. The highest BCUT2D eigenvalue weighted by Crippen LogP contribution is 2.18. The van der Waals surface area contributed by atoms with Crippen LogP contribution in [0.25, 0.3) is 0 Å². The van der Waals surface area contributed by atoms with E-state index in [9.17, 15) is 9.59 Å². The molecule has 10 heteroatoms. The predicted molar refractivity (Wildman–Crippen MR) is 69.1 cm³/mol. The van der Waals surface area contributed by atoms with Crippen molar-refractivity contribution >= 4 is 24.5 Å². The number of aliphatic carboxylic acids is 1. The summed E-state index contributed by atoms with van der Waals surface area (Å²) in [5, 5.41) is 45.5. The van der Waals surface area contributed by atoms with E-state index in [1.807, 2.05) is 0 Å². The summed E-state index contributed by atoms with van der Waals surface area (Å²) in [6, 6.07) is -0.874. The number of carboxylic acid groups (broad SMARTS) is 1. The van der Waals surface area contributed by atoms with Gasteiger partial charge in [-0.2, -0.15) is 12.6 Å². The third-order valence-corrected chi connectivity index (χ3v) is 2.74. The van der Waals surface area contributed by atoms with Gasteiger partial charge in [0.25, 0.3) is 0 Å². The number of hydrogen-bond acceptors (Lipinski definition) is 8. The molecule has 1 heterocycles. The van der Waals surface area contributed by atoms with E-state index in [4.69, 9.17) is 25.5 Å². The number of carbonyl (C=O) groups excluding carboxylic acids is 1. The van der Waals surface area contributed by atoms with Crippen molar-refractivity contribution in [2.45, 2.75) is 37.6 Å². The lowest BCUT2D eigenvalue weighted by atomic mass is 10.1. The Bertz CT molecular complexity index is 328. The van der Waals surface area contributed by atoms with Crippen LogP contribution in [0.2, 0.25) is 0 Å². The summed E-state index contributed by atoms with van der Waals surface area (Å²) < 4.78 is 4.54. The molecule has 0 aliphatic carbocycles. The molecule has 0 aromatic carbocycles. The van der Waals surface area contributed by atoms with Gasteiger partial charge in [-0.1, -0.05) is 0 Å². The molecule has 0 spiro atoms. The van der Waals surface area contributed by atoms with Gasteiger partial charge in [-0.05, 0) is 0 Å². The number of carbonyl (C=O) groups is 2. The van der Waals surface area contributed by atoms with Gasteiger partial charge in [-0.3, -0.25) is 4.79 Å². The SMILES string of the molecule is CC(=O)N[C@@H](CS)C(=O)O.OC[C@H]1OC(O)[C@H](O)[C@@H]1O. The Morgan fingerprint density at radius 2 is 1.85 bits per heavy atom. The van der Waals surface area contributed by atoms with Gasteiger partial charge in [0, 0.05) is 12.7 Å². The molecule has 1 rings (SSSR count). The smallest absolute Gasteiger partial charge is 0.327 e. The molecule has 0 radical (unpaired) electrons. The summed E-state index contributed by atoms with van der Waals surface area (Å²) in [6.07, 6.45) is -4.76. The molecule has 0 aromatic rings. The van der Waals surface area contributed by atoms with Crippen LogP contribution >= 0.6 is 12.6 Å². The highest BCUT2D eigenvalue weighted by Gasteiger charge is 2.41. The summed E-state index contributed by atoms with van der Waals surface area (Å²) in [7, 11) is 0. The Labute approximate surface area is 120 Å². The molecule has 0 aromatic heterocycles. The van der Waals surface area contributed by atoms with Gasteiger partial charge in [0.1, 0.15) is 24.4 Å². The summed E-state index contributed by atoms with van der Waals surface area (Å²) in [5.41, 5.74) is 0. The fraction of sp³-hybridized carbons (Fsp3) is 0.800. The Kier molecular flexibility index (Phi) is 8.69. The number of carboxylic acids is 1. The van der Waals surface area contributed by atoms with Crippen molar-refractivity contribution in [2.75, 3.05) is 12.4 Å². The molecule has 1 unspecified atom stereocenters. The number of amides is 1. The van der Waals surface area contributed by atoms with Gasteiger partial charge < -0.3 is 35.6 Å². The Morgan fingerprint density at radius 3 is 2.00 bits per heavy atom. The van der Waals surface area contributed by atoms with Gasteiger partial charge in [0.05, 0.1) is 6.61 Å². The normalized spacial score (nSPS) is 30.1. The van der Waals surface area contributed by atoms with Crippen LogP contribution in [0, 0.1) is 0 Å². The van der Waals surface area contributed by atoms with E-state index in [1.165, 1.54) is 6.92 Å². The number of aliphatic hydroxyl groups is 4. The van der Waals surface area contributed by atoms with E-state index in [2.05, 4.69) is 22.7 Å². The second-order valence-electron chi connectivity index (χ2n) is 4.00. The van der Waals surface area contributed by atoms with Crippen molar-refractivity contribution in [1.29, 1.82) is 0 Å². The van der Waals surface area contributed by atoms with E-state index >= 15 is 0 Å². The monoisotopic (exact) mass is 313 g/mol. The van der Waals surface area contributed by atoms with Crippen LogP contribution in [0.5, 0.6) is 0 Å². The highest BCUT2D eigenvalue weighted by molar-refractivity contribution is 7.80. The molecule has 0 bridgehead atoms. The van der Waals surface area contributed by atoms with Crippen LogP contribution in [0.4, 0.5) is 0 Å². The quantitative estimate of drug-likeness (QED) is 0.269.